The minimum atomic E-state index is -1.00. The van der Waals surface area contributed by atoms with E-state index in [4.69, 9.17) is 16.1 Å². The Morgan fingerprint density at radius 2 is 1.81 bits per heavy atom. The summed E-state index contributed by atoms with van der Waals surface area (Å²) in [5.41, 5.74) is -0.679. The number of anilines is 2. The van der Waals surface area contributed by atoms with E-state index >= 15 is 0 Å². The summed E-state index contributed by atoms with van der Waals surface area (Å²) < 4.78 is 33.2. The van der Waals surface area contributed by atoms with Crippen molar-refractivity contribution in [3.05, 3.63) is 52.0 Å². The fourth-order valence-electron chi connectivity index (χ4n) is 2.06. The number of nitrogens with zero attached hydrogens (tertiary/aromatic N) is 1. The maximum Gasteiger partial charge on any atom is 0.277 e. The number of hydrogen-bond acceptors (Lipinski definition) is 5. The highest BCUT2D eigenvalue weighted by atomic mass is 35.5. The molecule has 3 aromatic rings. The number of aromatic nitrogens is 1. The Balaban J connectivity index is 1.82. The highest BCUT2D eigenvalue weighted by Gasteiger charge is 2.18. The molecule has 134 valence electrons. The van der Waals surface area contributed by atoms with Crippen LogP contribution in [0.1, 0.15) is 17.4 Å². The van der Waals surface area contributed by atoms with Gasteiger partial charge in [-0.2, -0.15) is 0 Å². The minimum Gasteiger partial charge on any atom is -0.355 e. The quantitative estimate of drug-likeness (QED) is 0.676. The molecule has 2 amide bonds. The third-order valence-corrected chi connectivity index (χ3v) is 4.42. The molecule has 10 heteroatoms. The molecule has 2 heterocycles. The first-order valence-electron chi connectivity index (χ1n) is 7.14. The van der Waals surface area contributed by atoms with E-state index in [0.29, 0.717) is 21.0 Å². The van der Waals surface area contributed by atoms with Crippen LogP contribution in [0.3, 0.4) is 0 Å². The average molecular weight is 398 g/mol. The maximum atomic E-state index is 13.9. The summed E-state index contributed by atoms with van der Waals surface area (Å²) in [7, 11) is 0. The van der Waals surface area contributed by atoms with Crippen molar-refractivity contribution in [3.63, 3.8) is 0 Å². The number of rotatable bonds is 4. The third-order valence-electron chi connectivity index (χ3n) is 3.17. The van der Waals surface area contributed by atoms with Crippen molar-refractivity contribution < 1.29 is 22.9 Å². The van der Waals surface area contributed by atoms with Crippen LogP contribution in [0, 0.1) is 11.6 Å². The fourth-order valence-corrected chi connectivity index (χ4v) is 3.05. The first-order valence-corrected chi connectivity index (χ1v) is 8.33. The van der Waals surface area contributed by atoms with Gasteiger partial charge in [0.05, 0.1) is 20.6 Å². The zero-order valence-corrected chi connectivity index (χ0v) is 14.7. The van der Waals surface area contributed by atoms with Crippen LogP contribution in [0.15, 0.2) is 34.9 Å². The van der Waals surface area contributed by atoms with Gasteiger partial charge in [0.1, 0.15) is 11.6 Å². The average Bonchev–Trinajstić information content (AvgIpc) is 3.20. The largest absolute Gasteiger partial charge is 0.355 e. The van der Waals surface area contributed by atoms with Gasteiger partial charge in [-0.3, -0.25) is 9.59 Å². The van der Waals surface area contributed by atoms with E-state index < -0.39 is 23.4 Å². The maximum absolute atomic E-state index is 13.9. The molecule has 3 rings (SSSR count). The fraction of sp³-hybridized carbons (Fsp3) is 0.0625. The van der Waals surface area contributed by atoms with E-state index in [1.54, 1.807) is 12.1 Å². The van der Waals surface area contributed by atoms with Gasteiger partial charge in [-0.15, -0.1) is 11.3 Å². The number of carbonyl (C=O) groups is 2. The summed E-state index contributed by atoms with van der Waals surface area (Å²) in [6, 6.07) is 6.27. The van der Waals surface area contributed by atoms with E-state index in [2.05, 4.69) is 15.8 Å². The Hall–Kier alpha value is -2.78. The van der Waals surface area contributed by atoms with Crippen LogP contribution in [0.5, 0.6) is 0 Å². The van der Waals surface area contributed by atoms with Crippen LogP contribution in [-0.4, -0.2) is 17.0 Å². The van der Waals surface area contributed by atoms with E-state index in [1.807, 2.05) is 0 Å². The summed E-state index contributed by atoms with van der Waals surface area (Å²) in [5.74, 6) is -2.94. The first kappa shape index (κ1) is 18.0. The van der Waals surface area contributed by atoms with Crippen molar-refractivity contribution >= 4 is 46.1 Å². The number of thiophene rings is 1. The molecule has 0 atom stereocenters. The molecule has 2 N–H and O–H groups in total. The summed E-state index contributed by atoms with van der Waals surface area (Å²) in [6.45, 7) is 1.18. The normalized spacial score (nSPS) is 10.6. The van der Waals surface area contributed by atoms with Crippen LogP contribution in [-0.2, 0) is 4.79 Å². The monoisotopic (exact) mass is 397 g/mol. The number of halogens is 3. The zero-order chi connectivity index (χ0) is 18.8. The summed E-state index contributed by atoms with van der Waals surface area (Å²) >= 11 is 7.08. The Bertz CT molecular complexity index is 1000. The van der Waals surface area contributed by atoms with Gasteiger partial charge >= 0.3 is 0 Å². The van der Waals surface area contributed by atoms with Crippen LogP contribution in [0.25, 0.3) is 10.6 Å². The van der Waals surface area contributed by atoms with E-state index in [-0.39, 0.29) is 17.1 Å². The highest BCUT2D eigenvalue weighted by Crippen LogP contribution is 2.31. The van der Waals surface area contributed by atoms with Crippen molar-refractivity contribution in [3.8, 4) is 10.6 Å². The molecule has 0 unspecified atom stereocenters. The standard InChI is InChI=1S/C16H10ClF2N3O3S/c1-7(23)20-10-5-11(9(19)4-8(10)18)21-16(24)12-6-13(25-22-12)14-2-3-15(17)26-14/h2-6H,1H3,(H,20,23)(H,21,24). The van der Waals surface area contributed by atoms with E-state index in [0.717, 1.165) is 6.07 Å². The lowest BCUT2D eigenvalue weighted by molar-refractivity contribution is -0.114. The molecule has 0 aliphatic rings. The SMILES string of the molecule is CC(=O)Nc1cc(NC(=O)c2cc(-c3ccc(Cl)s3)on2)c(F)cc1F. The van der Waals surface area contributed by atoms with Crippen molar-refractivity contribution in [1.82, 2.24) is 5.16 Å². The van der Waals surface area contributed by atoms with Crippen LogP contribution < -0.4 is 10.6 Å². The van der Waals surface area contributed by atoms with Crippen LogP contribution >= 0.6 is 22.9 Å². The highest BCUT2D eigenvalue weighted by molar-refractivity contribution is 7.19. The Morgan fingerprint density at radius 3 is 2.42 bits per heavy atom. The van der Waals surface area contributed by atoms with E-state index in [9.17, 15) is 18.4 Å². The molecule has 0 aliphatic carbocycles. The van der Waals surface area contributed by atoms with Gasteiger partial charge < -0.3 is 15.2 Å². The summed E-state index contributed by atoms with van der Waals surface area (Å²) in [4.78, 5) is 24.0. The number of hydrogen-bond donors (Lipinski definition) is 2. The van der Waals surface area contributed by atoms with Gasteiger partial charge in [-0.1, -0.05) is 16.8 Å². The second-order valence-corrected chi connectivity index (χ2v) is 6.84. The van der Waals surface area contributed by atoms with Gasteiger partial charge in [0.25, 0.3) is 5.91 Å². The molecule has 0 radical (unpaired) electrons. The van der Waals surface area contributed by atoms with Crippen LogP contribution in [0.2, 0.25) is 4.34 Å². The smallest absolute Gasteiger partial charge is 0.277 e. The molecule has 0 aliphatic heterocycles. The molecule has 1 aromatic carbocycles. The van der Waals surface area contributed by atoms with Gasteiger partial charge in [0, 0.05) is 19.1 Å². The lowest BCUT2D eigenvalue weighted by atomic mass is 10.2. The number of carbonyl (C=O) groups excluding carboxylic acids is 2. The lowest BCUT2D eigenvalue weighted by Gasteiger charge is -2.09. The third kappa shape index (κ3) is 3.89. The Morgan fingerprint density at radius 1 is 1.12 bits per heavy atom. The number of nitrogens with one attached hydrogen (secondary N) is 2. The molecule has 0 saturated heterocycles. The summed E-state index contributed by atoms with van der Waals surface area (Å²) in [5, 5.41) is 8.09. The number of benzene rings is 1. The molecule has 0 saturated carbocycles. The molecule has 26 heavy (non-hydrogen) atoms. The molecule has 0 spiro atoms. The predicted octanol–water partition coefficient (Wildman–Crippen LogP) is 4.55. The van der Waals surface area contributed by atoms with Crippen molar-refractivity contribution in [2.45, 2.75) is 6.92 Å². The van der Waals surface area contributed by atoms with Gasteiger partial charge in [0.15, 0.2) is 11.5 Å². The molecule has 6 nitrogen and oxygen atoms in total. The zero-order valence-electron chi connectivity index (χ0n) is 13.1. The van der Waals surface area contributed by atoms with Crippen LogP contribution in [0.4, 0.5) is 20.2 Å². The molecule has 0 fully saturated rings. The molecular formula is C16H10ClF2N3O3S. The first-order chi connectivity index (χ1) is 12.3. The van der Waals surface area contributed by atoms with E-state index in [1.165, 1.54) is 24.3 Å². The molecular weight excluding hydrogens is 388 g/mol. The Kier molecular flexibility index (Phi) is 5.01. The lowest BCUT2D eigenvalue weighted by Crippen LogP contribution is -2.15. The summed E-state index contributed by atoms with van der Waals surface area (Å²) in [6.07, 6.45) is 0. The van der Waals surface area contributed by atoms with Crippen molar-refractivity contribution in [2.24, 2.45) is 0 Å². The van der Waals surface area contributed by atoms with Gasteiger partial charge in [-0.05, 0) is 18.2 Å². The Labute approximate surface area is 154 Å². The second kappa shape index (κ2) is 7.22. The van der Waals surface area contributed by atoms with Gasteiger partial charge in [0.2, 0.25) is 5.91 Å². The molecule has 0 bridgehead atoms. The van der Waals surface area contributed by atoms with Gasteiger partial charge in [-0.25, -0.2) is 8.78 Å². The molecule has 2 aromatic heterocycles. The second-order valence-electron chi connectivity index (χ2n) is 5.13. The minimum absolute atomic E-state index is 0.102. The predicted molar refractivity (Wildman–Crippen MR) is 93.4 cm³/mol. The van der Waals surface area contributed by atoms with Crippen molar-refractivity contribution in [2.75, 3.05) is 10.6 Å². The topological polar surface area (TPSA) is 84.2 Å². The number of amides is 2. The van der Waals surface area contributed by atoms with Crippen molar-refractivity contribution in [1.29, 1.82) is 0 Å².